The molecule has 0 radical (unpaired) electrons. The number of methoxy groups -OCH3 is 3. The molecule has 2 unspecified atom stereocenters. The Bertz CT molecular complexity index is 1220. The molecule has 0 saturated carbocycles. The van der Waals surface area contributed by atoms with E-state index in [9.17, 15) is 4.79 Å². The fourth-order valence-electron chi connectivity index (χ4n) is 4.47. The summed E-state index contributed by atoms with van der Waals surface area (Å²) in [5.74, 6) is 1.91. The molecule has 7 heteroatoms. The van der Waals surface area contributed by atoms with Crippen molar-refractivity contribution in [2.24, 2.45) is 0 Å². The Kier molecular flexibility index (Phi) is 6.84. The van der Waals surface area contributed by atoms with Gasteiger partial charge in [-0.05, 0) is 50.1 Å². The highest BCUT2D eigenvalue weighted by atomic mass is 16.5. The Hall–Kier alpha value is -3.45. The van der Waals surface area contributed by atoms with Crippen LogP contribution in [-0.4, -0.2) is 57.4 Å². The number of carbonyl (C=O) groups is 1. The van der Waals surface area contributed by atoms with E-state index in [0.29, 0.717) is 35.9 Å². The molecule has 2 heterocycles. The van der Waals surface area contributed by atoms with Crippen LogP contribution >= 0.6 is 0 Å². The van der Waals surface area contributed by atoms with E-state index in [2.05, 4.69) is 0 Å². The average Bonchev–Trinajstić information content (AvgIpc) is 3.24. The van der Waals surface area contributed by atoms with Crippen molar-refractivity contribution < 1.29 is 28.2 Å². The summed E-state index contributed by atoms with van der Waals surface area (Å²) in [7, 11) is 4.83. The van der Waals surface area contributed by atoms with Crippen LogP contribution in [0.2, 0.25) is 0 Å². The first-order valence-electron chi connectivity index (χ1n) is 11.3. The summed E-state index contributed by atoms with van der Waals surface area (Å²) < 4.78 is 28.1. The smallest absolute Gasteiger partial charge is 0.247 e. The van der Waals surface area contributed by atoms with Crippen LogP contribution < -0.4 is 14.2 Å². The largest absolute Gasteiger partial charge is 0.496 e. The Morgan fingerprint density at radius 2 is 1.65 bits per heavy atom. The number of morpholine rings is 1. The fourth-order valence-corrected chi connectivity index (χ4v) is 4.47. The summed E-state index contributed by atoms with van der Waals surface area (Å²) in [6.45, 7) is 7.05. The predicted octanol–water partition coefficient (Wildman–Crippen LogP) is 5.16. The SMILES string of the molecule is COc1ccc(-c2coc3cc(OC)c(/C(C)=C/C(=O)N4CC(C)OC(C)C4)cc23)cc1OC. The molecule has 34 heavy (non-hydrogen) atoms. The van der Waals surface area contributed by atoms with Crippen LogP contribution in [0.5, 0.6) is 17.2 Å². The molecule has 0 spiro atoms. The number of carbonyl (C=O) groups excluding carboxylic acids is 1. The molecule has 0 aliphatic carbocycles. The maximum absolute atomic E-state index is 13.0. The highest BCUT2D eigenvalue weighted by molar-refractivity contribution is 6.00. The average molecular weight is 466 g/mol. The summed E-state index contributed by atoms with van der Waals surface area (Å²) in [5.41, 5.74) is 4.19. The van der Waals surface area contributed by atoms with Crippen molar-refractivity contribution in [3.05, 3.63) is 48.2 Å². The van der Waals surface area contributed by atoms with Gasteiger partial charge in [-0.15, -0.1) is 0 Å². The number of hydrogen-bond acceptors (Lipinski definition) is 6. The molecule has 4 rings (SSSR count). The fraction of sp³-hybridized carbons (Fsp3) is 0.370. The zero-order chi connectivity index (χ0) is 24.4. The number of allylic oxidation sites excluding steroid dienone is 1. The maximum Gasteiger partial charge on any atom is 0.247 e. The number of amides is 1. The molecule has 3 aromatic rings. The number of benzene rings is 2. The lowest BCUT2D eigenvalue weighted by Gasteiger charge is -2.34. The molecular weight excluding hydrogens is 434 g/mol. The molecular formula is C27H31NO6. The van der Waals surface area contributed by atoms with E-state index in [1.54, 1.807) is 33.7 Å². The third-order valence-electron chi connectivity index (χ3n) is 6.09. The van der Waals surface area contributed by atoms with Crippen LogP contribution in [0.15, 0.2) is 47.1 Å². The topological polar surface area (TPSA) is 70.4 Å². The van der Waals surface area contributed by atoms with Gasteiger partial charge in [0.2, 0.25) is 5.91 Å². The number of ether oxygens (including phenoxy) is 4. The van der Waals surface area contributed by atoms with Gasteiger partial charge in [-0.3, -0.25) is 4.79 Å². The minimum atomic E-state index is -0.0334. The van der Waals surface area contributed by atoms with E-state index < -0.39 is 0 Å². The molecule has 0 bridgehead atoms. The standard InChI is InChI=1S/C27H31NO6/c1-16(9-27(29)28-13-17(2)34-18(3)14-28)20-11-21-22(15-33-25(21)12-24(20)31-5)19-7-8-23(30-4)26(10-19)32-6/h7-12,15,17-18H,13-14H2,1-6H3/b16-9+. The lowest BCUT2D eigenvalue weighted by Crippen LogP contribution is -2.47. The molecule has 1 aromatic heterocycles. The summed E-state index contributed by atoms with van der Waals surface area (Å²) in [6, 6.07) is 9.61. The first-order chi connectivity index (χ1) is 16.3. The molecule has 2 aromatic carbocycles. The van der Waals surface area contributed by atoms with Gasteiger partial charge in [0.1, 0.15) is 11.3 Å². The van der Waals surface area contributed by atoms with E-state index in [0.717, 1.165) is 27.6 Å². The number of furan rings is 1. The highest BCUT2D eigenvalue weighted by Crippen LogP contribution is 2.40. The number of rotatable bonds is 6. The summed E-state index contributed by atoms with van der Waals surface area (Å²) in [6.07, 6.45) is 3.42. The van der Waals surface area contributed by atoms with Crippen LogP contribution in [0.1, 0.15) is 26.3 Å². The molecule has 1 saturated heterocycles. The van der Waals surface area contributed by atoms with Crippen LogP contribution in [0.25, 0.3) is 27.7 Å². The lowest BCUT2D eigenvalue weighted by atomic mass is 9.99. The monoisotopic (exact) mass is 465 g/mol. The predicted molar refractivity (Wildman–Crippen MR) is 132 cm³/mol. The molecule has 1 amide bonds. The van der Waals surface area contributed by atoms with Gasteiger partial charge in [-0.2, -0.15) is 0 Å². The normalized spacial score (nSPS) is 18.8. The second kappa shape index (κ2) is 9.81. The van der Waals surface area contributed by atoms with Crippen molar-refractivity contribution in [2.75, 3.05) is 34.4 Å². The minimum absolute atomic E-state index is 0.0160. The van der Waals surface area contributed by atoms with Crippen molar-refractivity contribution in [3.63, 3.8) is 0 Å². The van der Waals surface area contributed by atoms with Gasteiger partial charge in [0.05, 0.1) is 39.8 Å². The second-order valence-corrected chi connectivity index (χ2v) is 8.60. The third-order valence-corrected chi connectivity index (χ3v) is 6.09. The first-order valence-corrected chi connectivity index (χ1v) is 11.3. The summed E-state index contributed by atoms with van der Waals surface area (Å²) in [4.78, 5) is 14.8. The van der Waals surface area contributed by atoms with Crippen molar-refractivity contribution in [2.45, 2.75) is 33.0 Å². The molecule has 1 aliphatic rings. The van der Waals surface area contributed by atoms with Crippen molar-refractivity contribution in [3.8, 4) is 28.4 Å². The number of nitrogens with zero attached hydrogens (tertiary/aromatic N) is 1. The second-order valence-electron chi connectivity index (χ2n) is 8.60. The van der Waals surface area contributed by atoms with E-state index in [-0.39, 0.29) is 18.1 Å². The Balaban J connectivity index is 1.73. The number of fused-ring (bicyclic) bond motifs is 1. The minimum Gasteiger partial charge on any atom is -0.496 e. The van der Waals surface area contributed by atoms with Gasteiger partial charge in [-0.1, -0.05) is 6.07 Å². The molecule has 7 nitrogen and oxygen atoms in total. The Morgan fingerprint density at radius 3 is 2.29 bits per heavy atom. The quantitative estimate of drug-likeness (QED) is 0.468. The van der Waals surface area contributed by atoms with Crippen molar-refractivity contribution in [1.82, 2.24) is 4.90 Å². The molecule has 0 N–H and O–H groups in total. The number of hydrogen-bond donors (Lipinski definition) is 0. The molecule has 2 atom stereocenters. The molecule has 1 fully saturated rings. The zero-order valence-electron chi connectivity index (χ0n) is 20.5. The van der Waals surface area contributed by atoms with Gasteiger partial charge in [-0.25, -0.2) is 0 Å². The van der Waals surface area contributed by atoms with E-state index >= 15 is 0 Å². The van der Waals surface area contributed by atoms with Crippen LogP contribution in [-0.2, 0) is 9.53 Å². The van der Waals surface area contributed by atoms with E-state index in [4.69, 9.17) is 23.4 Å². The molecule has 180 valence electrons. The third kappa shape index (κ3) is 4.61. The van der Waals surface area contributed by atoms with Crippen LogP contribution in [0.3, 0.4) is 0 Å². The highest BCUT2D eigenvalue weighted by Gasteiger charge is 2.25. The molecule has 1 aliphatic heterocycles. The zero-order valence-corrected chi connectivity index (χ0v) is 20.5. The van der Waals surface area contributed by atoms with Gasteiger partial charge < -0.3 is 28.3 Å². The Morgan fingerprint density at radius 1 is 0.971 bits per heavy atom. The maximum atomic E-state index is 13.0. The van der Waals surface area contributed by atoms with Crippen molar-refractivity contribution in [1.29, 1.82) is 0 Å². The Labute approximate surface area is 199 Å². The van der Waals surface area contributed by atoms with Gasteiger partial charge in [0.25, 0.3) is 0 Å². The van der Waals surface area contributed by atoms with E-state index in [1.807, 2.05) is 56.0 Å². The van der Waals surface area contributed by atoms with Crippen LogP contribution in [0, 0.1) is 0 Å². The first kappa shape index (κ1) is 23.7. The van der Waals surface area contributed by atoms with Gasteiger partial charge in [0, 0.05) is 41.7 Å². The van der Waals surface area contributed by atoms with Crippen molar-refractivity contribution >= 4 is 22.4 Å². The lowest BCUT2D eigenvalue weighted by molar-refractivity contribution is -0.137. The summed E-state index contributed by atoms with van der Waals surface area (Å²) >= 11 is 0. The van der Waals surface area contributed by atoms with Gasteiger partial charge >= 0.3 is 0 Å². The van der Waals surface area contributed by atoms with E-state index in [1.165, 1.54) is 0 Å². The van der Waals surface area contributed by atoms with Crippen LogP contribution in [0.4, 0.5) is 0 Å². The van der Waals surface area contributed by atoms with Gasteiger partial charge in [0.15, 0.2) is 11.5 Å². The summed E-state index contributed by atoms with van der Waals surface area (Å²) in [5, 5.41) is 0.914.